The van der Waals surface area contributed by atoms with E-state index in [0.29, 0.717) is 12.5 Å². The Morgan fingerprint density at radius 3 is 2.62 bits per heavy atom. The van der Waals surface area contributed by atoms with E-state index in [1.54, 1.807) is 0 Å². The molecule has 0 aliphatic heterocycles. The van der Waals surface area contributed by atoms with Gasteiger partial charge in [-0.3, -0.25) is 4.79 Å². The Balaban J connectivity index is 2.17. The molecule has 0 aromatic heterocycles. The Kier molecular flexibility index (Phi) is 5.53. The molecule has 0 saturated carbocycles. The average Bonchev–Trinajstić information content (AvgIpc) is 2.25. The number of anilines is 1. The van der Waals surface area contributed by atoms with Crippen molar-refractivity contribution in [2.75, 3.05) is 18.5 Å². The third-order valence-electron chi connectivity index (χ3n) is 1.81. The molecule has 1 amide bonds. The molecule has 0 aliphatic rings. The quantitative estimate of drug-likeness (QED) is 0.570. The highest BCUT2D eigenvalue weighted by Gasteiger charge is 2.01. The third-order valence-corrected chi connectivity index (χ3v) is 1.81. The van der Waals surface area contributed by atoms with Gasteiger partial charge in [0.15, 0.2) is 0 Å². The average molecular weight is 222 g/mol. The summed E-state index contributed by atoms with van der Waals surface area (Å²) in [6.45, 7) is 4.84. The van der Waals surface area contributed by atoms with Crippen LogP contribution in [-0.4, -0.2) is 19.1 Å². The molecule has 0 atom stereocenters. The zero-order chi connectivity index (χ0) is 11.8. The van der Waals surface area contributed by atoms with E-state index in [-0.39, 0.29) is 12.5 Å². The maximum atomic E-state index is 11.4. The molecule has 1 aromatic carbocycles. The second kappa shape index (κ2) is 6.98. The number of hydrogen-bond donors (Lipinski definition) is 2. The van der Waals surface area contributed by atoms with Crippen LogP contribution in [0.25, 0.3) is 0 Å². The lowest BCUT2D eigenvalue weighted by Crippen LogP contribution is -2.29. The summed E-state index contributed by atoms with van der Waals surface area (Å²) in [5, 5.41) is 2.75. The first-order valence-corrected chi connectivity index (χ1v) is 5.38. The second-order valence-corrected chi connectivity index (χ2v) is 3.94. The van der Waals surface area contributed by atoms with Gasteiger partial charge in [0.05, 0.1) is 6.61 Å². The molecule has 0 saturated heterocycles. The Morgan fingerprint density at radius 2 is 2.00 bits per heavy atom. The molecular formula is C12H18N2O2. The van der Waals surface area contributed by atoms with E-state index in [0.717, 1.165) is 5.69 Å². The number of benzene rings is 1. The van der Waals surface area contributed by atoms with Gasteiger partial charge in [0, 0.05) is 5.69 Å². The van der Waals surface area contributed by atoms with E-state index in [9.17, 15) is 4.79 Å². The van der Waals surface area contributed by atoms with Crippen molar-refractivity contribution in [3.05, 3.63) is 30.3 Å². The summed E-state index contributed by atoms with van der Waals surface area (Å²) < 4.78 is 0. The van der Waals surface area contributed by atoms with Crippen molar-refractivity contribution in [3.63, 3.8) is 0 Å². The van der Waals surface area contributed by atoms with E-state index < -0.39 is 0 Å². The maximum Gasteiger partial charge on any atom is 0.240 e. The molecule has 0 heterocycles. The summed E-state index contributed by atoms with van der Waals surface area (Å²) in [4.78, 5) is 16.5. The van der Waals surface area contributed by atoms with Crippen molar-refractivity contribution in [2.45, 2.75) is 13.8 Å². The number of hydrogen-bond acceptors (Lipinski definition) is 3. The molecule has 0 radical (unpaired) electrons. The molecule has 0 unspecified atom stereocenters. The summed E-state index contributed by atoms with van der Waals surface area (Å²) in [6, 6.07) is 9.33. The van der Waals surface area contributed by atoms with Crippen LogP contribution < -0.4 is 10.8 Å². The summed E-state index contributed by atoms with van der Waals surface area (Å²) in [5.74, 6) is 0.333. The number of para-hydroxylation sites is 1. The molecule has 1 rings (SSSR count). The third kappa shape index (κ3) is 5.48. The van der Waals surface area contributed by atoms with Gasteiger partial charge in [0.1, 0.15) is 6.54 Å². The first-order chi connectivity index (χ1) is 7.68. The van der Waals surface area contributed by atoms with Gasteiger partial charge in [0.2, 0.25) is 5.91 Å². The standard InChI is InChI=1S/C12H18N2O2/c1-10(2)9-16-13-8-12(15)14-11-6-4-3-5-7-11/h3-7,10,13H,8-9H2,1-2H3,(H,14,15). The Morgan fingerprint density at radius 1 is 1.31 bits per heavy atom. The zero-order valence-corrected chi connectivity index (χ0v) is 9.69. The molecule has 1 aromatic rings. The van der Waals surface area contributed by atoms with Gasteiger partial charge in [-0.25, -0.2) is 0 Å². The first kappa shape index (κ1) is 12.7. The smallest absolute Gasteiger partial charge is 0.240 e. The lowest BCUT2D eigenvalue weighted by atomic mass is 10.2. The van der Waals surface area contributed by atoms with Crippen molar-refractivity contribution < 1.29 is 9.63 Å². The van der Waals surface area contributed by atoms with Gasteiger partial charge >= 0.3 is 0 Å². The Labute approximate surface area is 95.9 Å². The molecule has 0 spiro atoms. The predicted molar refractivity (Wildman–Crippen MR) is 63.9 cm³/mol. The Hall–Kier alpha value is -1.39. The van der Waals surface area contributed by atoms with Gasteiger partial charge in [-0.15, -0.1) is 0 Å². The maximum absolute atomic E-state index is 11.4. The van der Waals surface area contributed by atoms with Gasteiger partial charge in [-0.05, 0) is 18.1 Å². The minimum Gasteiger partial charge on any atom is -0.325 e. The monoisotopic (exact) mass is 222 g/mol. The number of nitrogens with one attached hydrogen (secondary N) is 2. The second-order valence-electron chi connectivity index (χ2n) is 3.94. The summed E-state index contributed by atoms with van der Waals surface area (Å²) in [7, 11) is 0. The van der Waals surface area contributed by atoms with Crippen molar-refractivity contribution in [1.82, 2.24) is 5.48 Å². The van der Waals surface area contributed by atoms with Crippen LogP contribution in [0, 0.1) is 5.92 Å². The minimum atomic E-state index is -0.116. The van der Waals surface area contributed by atoms with Crippen molar-refractivity contribution >= 4 is 11.6 Å². The predicted octanol–water partition coefficient (Wildman–Crippen LogP) is 1.80. The number of carbonyl (C=O) groups excluding carboxylic acids is 1. The van der Waals surface area contributed by atoms with Crippen LogP contribution in [0.2, 0.25) is 0 Å². The van der Waals surface area contributed by atoms with Gasteiger partial charge in [-0.2, -0.15) is 5.48 Å². The number of rotatable bonds is 6. The lowest BCUT2D eigenvalue weighted by molar-refractivity contribution is -0.118. The van der Waals surface area contributed by atoms with E-state index in [2.05, 4.69) is 10.8 Å². The van der Waals surface area contributed by atoms with E-state index in [1.165, 1.54) is 0 Å². The van der Waals surface area contributed by atoms with E-state index >= 15 is 0 Å². The number of amides is 1. The number of carbonyl (C=O) groups is 1. The topological polar surface area (TPSA) is 50.4 Å². The molecular weight excluding hydrogens is 204 g/mol. The van der Waals surface area contributed by atoms with Crippen LogP contribution >= 0.6 is 0 Å². The fourth-order valence-electron chi connectivity index (χ4n) is 1.07. The van der Waals surface area contributed by atoms with E-state index in [4.69, 9.17) is 4.84 Å². The van der Waals surface area contributed by atoms with Crippen LogP contribution in [-0.2, 0) is 9.63 Å². The zero-order valence-electron chi connectivity index (χ0n) is 9.69. The molecule has 0 aliphatic carbocycles. The molecule has 16 heavy (non-hydrogen) atoms. The first-order valence-electron chi connectivity index (χ1n) is 5.38. The normalized spacial score (nSPS) is 10.4. The minimum absolute atomic E-state index is 0.116. The van der Waals surface area contributed by atoms with Crippen molar-refractivity contribution in [2.24, 2.45) is 5.92 Å². The highest BCUT2D eigenvalue weighted by Crippen LogP contribution is 2.03. The fraction of sp³-hybridized carbons (Fsp3) is 0.417. The summed E-state index contributed by atoms with van der Waals surface area (Å²) >= 11 is 0. The molecule has 0 bridgehead atoms. The lowest BCUT2D eigenvalue weighted by Gasteiger charge is -2.08. The highest BCUT2D eigenvalue weighted by atomic mass is 16.6. The fourth-order valence-corrected chi connectivity index (χ4v) is 1.07. The molecule has 2 N–H and O–H groups in total. The van der Waals surface area contributed by atoms with Crippen LogP contribution in [0.5, 0.6) is 0 Å². The van der Waals surface area contributed by atoms with Crippen LogP contribution in [0.15, 0.2) is 30.3 Å². The SMILES string of the molecule is CC(C)CONCC(=O)Nc1ccccc1. The molecule has 4 heteroatoms. The molecule has 88 valence electrons. The van der Waals surface area contributed by atoms with Crippen LogP contribution in [0.1, 0.15) is 13.8 Å². The van der Waals surface area contributed by atoms with E-state index in [1.807, 2.05) is 44.2 Å². The molecule has 4 nitrogen and oxygen atoms in total. The summed E-state index contributed by atoms with van der Waals surface area (Å²) in [5.41, 5.74) is 3.41. The van der Waals surface area contributed by atoms with Crippen LogP contribution in [0.4, 0.5) is 5.69 Å². The van der Waals surface area contributed by atoms with Crippen LogP contribution in [0.3, 0.4) is 0 Å². The Bertz CT molecular complexity index is 312. The van der Waals surface area contributed by atoms with Gasteiger partial charge in [0.25, 0.3) is 0 Å². The summed E-state index contributed by atoms with van der Waals surface area (Å²) in [6.07, 6.45) is 0. The van der Waals surface area contributed by atoms with Gasteiger partial charge in [-0.1, -0.05) is 32.0 Å². The molecule has 0 fully saturated rings. The number of hydroxylamine groups is 1. The van der Waals surface area contributed by atoms with Crippen molar-refractivity contribution in [3.8, 4) is 0 Å². The largest absolute Gasteiger partial charge is 0.325 e. The van der Waals surface area contributed by atoms with Gasteiger partial charge < -0.3 is 10.2 Å². The van der Waals surface area contributed by atoms with Crippen molar-refractivity contribution in [1.29, 1.82) is 0 Å². The highest BCUT2D eigenvalue weighted by molar-refractivity contribution is 5.92.